The van der Waals surface area contributed by atoms with Crippen molar-refractivity contribution in [3.8, 4) is 5.75 Å². The van der Waals surface area contributed by atoms with Crippen molar-refractivity contribution in [3.05, 3.63) is 41.7 Å². The molecule has 0 spiro atoms. The summed E-state index contributed by atoms with van der Waals surface area (Å²) in [5.74, 6) is 0.358. The molecule has 104 valence electrons. The maximum absolute atomic E-state index is 9.60. The lowest BCUT2D eigenvalue weighted by Gasteiger charge is -2.34. The Labute approximate surface area is 115 Å². The van der Waals surface area contributed by atoms with Crippen LogP contribution in [0.3, 0.4) is 0 Å². The lowest BCUT2D eigenvalue weighted by atomic mass is 9.87. The Kier molecular flexibility index (Phi) is 4.86. The second-order valence-electron chi connectivity index (χ2n) is 5.23. The zero-order valence-corrected chi connectivity index (χ0v) is 11.5. The van der Waals surface area contributed by atoms with Gasteiger partial charge < -0.3 is 10.2 Å². The van der Waals surface area contributed by atoms with Crippen molar-refractivity contribution >= 4 is 0 Å². The first-order chi connectivity index (χ1) is 9.24. The van der Waals surface area contributed by atoms with Gasteiger partial charge in [0.2, 0.25) is 0 Å². The average Bonchev–Trinajstić information content (AvgIpc) is 2.42. The summed E-state index contributed by atoms with van der Waals surface area (Å²) in [7, 11) is 0. The van der Waals surface area contributed by atoms with E-state index < -0.39 is 0 Å². The Morgan fingerprint density at radius 2 is 2.21 bits per heavy atom. The molecule has 1 aromatic carbocycles. The third-order valence-corrected chi connectivity index (χ3v) is 3.86. The summed E-state index contributed by atoms with van der Waals surface area (Å²) in [6, 6.07) is 6.22. The van der Waals surface area contributed by atoms with Crippen molar-refractivity contribution in [1.29, 1.82) is 0 Å². The molecule has 1 aliphatic rings. The number of aliphatic hydroxyl groups is 1. The molecule has 0 saturated carbocycles. The van der Waals surface area contributed by atoms with Gasteiger partial charge in [-0.2, -0.15) is 0 Å². The van der Waals surface area contributed by atoms with Gasteiger partial charge in [0, 0.05) is 12.6 Å². The maximum atomic E-state index is 9.60. The van der Waals surface area contributed by atoms with E-state index in [4.69, 9.17) is 5.11 Å². The van der Waals surface area contributed by atoms with Gasteiger partial charge in [0.15, 0.2) is 0 Å². The van der Waals surface area contributed by atoms with Crippen LogP contribution >= 0.6 is 0 Å². The number of benzene rings is 1. The molecule has 1 aromatic rings. The second-order valence-corrected chi connectivity index (χ2v) is 5.23. The number of fused-ring (bicyclic) bond motifs is 1. The third kappa shape index (κ3) is 3.51. The Morgan fingerprint density at radius 3 is 2.95 bits per heavy atom. The highest BCUT2D eigenvalue weighted by atomic mass is 16.3. The third-order valence-electron chi connectivity index (χ3n) is 3.86. The Hall–Kier alpha value is -1.48. The molecule has 3 nitrogen and oxygen atoms in total. The highest BCUT2D eigenvalue weighted by Gasteiger charge is 2.23. The molecule has 0 amide bonds. The van der Waals surface area contributed by atoms with E-state index >= 15 is 0 Å². The van der Waals surface area contributed by atoms with Gasteiger partial charge in [-0.1, -0.05) is 13.0 Å². The lowest BCUT2D eigenvalue weighted by molar-refractivity contribution is 0.198. The van der Waals surface area contributed by atoms with Gasteiger partial charge in [0.25, 0.3) is 0 Å². The first-order valence-electron chi connectivity index (χ1n) is 7.08. The number of aromatic hydroxyl groups is 1. The number of phenols is 1. The number of rotatable bonds is 5. The molecule has 3 heteroatoms. The smallest absolute Gasteiger partial charge is 0.115 e. The predicted molar refractivity (Wildman–Crippen MR) is 77.6 cm³/mol. The van der Waals surface area contributed by atoms with Crippen molar-refractivity contribution in [2.24, 2.45) is 0 Å². The first kappa shape index (κ1) is 13.9. The number of aryl methyl sites for hydroxylation is 1. The van der Waals surface area contributed by atoms with E-state index in [9.17, 15) is 5.11 Å². The monoisotopic (exact) mass is 261 g/mol. The van der Waals surface area contributed by atoms with Crippen LogP contribution in [0.15, 0.2) is 30.5 Å². The van der Waals surface area contributed by atoms with Crippen molar-refractivity contribution in [3.63, 3.8) is 0 Å². The Bertz CT molecular complexity index is 442. The van der Waals surface area contributed by atoms with Crippen LogP contribution in [0.25, 0.3) is 0 Å². The highest BCUT2D eigenvalue weighted by Crippen LogP contribution is 2.27. The molecule has 0 bridgehead atoms. The molecule has 0 radical (unpaired) electrons. The average molecular weight is 261 g/mol. The topological polar surface area (TPSA) is 43.7 Å². The molecule has 0 saturated heterocycles. The first-order valence-corrected chi connectivity index (χ1v) is 7.08. The van der Waals surface area contributed by atoms with E-state index in [0.29, 0.717) is 11.8 Å². The van der Waals surface area contributed by atoms with E-state index in [2.05, 4.69) is 11.8 Å². The minimum absolute atomic E-state index is 0.358. The molecule has 0 unspecified atom stereocenters. The van der Waals surface area contributed by atoms with Crippen molar-refractivity contribution in [1.82, 2.24) is 4.90 Å². The fourth-order valence-corrected chi connectivity index (χ4v) is 2.93. The van der Waals surface area contributed by atoms with Crippen LogP contribution in [0.1, 0.15) is 30.9 Å². The summed E-state index contributed by atoms with van der Waals surface area (Å²) in [6.07, 6.45) is 7.25. The molecular weight excluding hydrogens is 238 g/mol. The van der Waals surface area contributed by atoms with Crippen LogP contribution in [0.4, 0.5) is 0 Å². The Morgan fingerprint density at radius 1 is 1.37 bits per heavy atom. The van der Waals surface area contributed by atoms with Crippen molar-refractivity contribution in [2.45, 2.75) is 38.6 Å². The summed E-state index contributed by atoms with van der Waals surface area (Å²) in [5, 5.41) is 18.4. The number of hydrogen-bond donors (Lipinski definition) is 2. The van der Waals surface area contributed by atoms with Crippen LogP contribution < -0.4 is 0 Å². The molecule has 19 heavy (non-hydrogen) atoms. The molecule has 0 heterocycles. The largest absolute Gasteiger partial charge is 0.516 e. The fourth-order valence-electron chi connectivity index (χ4n) is 2.93. The molecule has 2 rings (SSSR count). The minimum atomic E-state index is 0.358. The van der Waals surface area contributed by atoms with E-state index in [0.717, 1.165) is 45.0 Å². The summed E-state index contributed by atoms with van der Waals surface area (Å²) in [6.45, 7) is 4.02. The predicted octanol–water partition coefficient (Wildman–Crippen LogP) is 3.03. The standard InChI is InChI=1S/C16H23NO2/c1-2-8-17(9-3-10-18)15-6-4-13-5-7-16(19)12-14(13)11-15/h3,5,7,10,12,15,18-19H,2,4,6,8-9,11H2,1H3/b10-3+/t15-/m0/s1. The fraction of sp³-hybridized carbons (Fsp3) is 0.500. The number of phenolic OH excluding ortho intramolecular Hbond substituents is 1. The highest BCUT2D eigenvalue weighted by molar-refractivity contribution is 5.37. The van der Waals surface area contributed by atoms with Gasteiger partial charge in [0.05, 0.1) is 6.26 Å². The van der Waals surface area contributed by atoms with E-state index in [1.807, 2.05) is 12.1 Å². The van der Waals surface area contributed by atoms with Gasteiger partial charge in [-0.25, -0.2) is 0 Å². The zero-order valence-electron chi connectivity index (χ0n) is 11.5. The summed E-state index contributed by atoms with van der Waals surface area (Å²) in [4.78, 5) is 2.42. The minimum Gasteiger partial charge on any atom is -0.516 e. The Balaban J connectivity index is 2.09. The van der Waals surface area contributed by atoms with Crippen LogP contribution in [-0.2, 0) is 12.8 Å². The van der Waals surface area contributed by atoms with Crippen LogP contribution in [0.2, 0.25) is 0 Å². The molecule has 0 fully saturated rings. The van der Waals surface area contributed by atoms with Crippen LogP contribution in [0, 0.1) is 0 Å². The lowest BCUT2D eigenvalue weighted by Crippen LogP contribution is -2.40. The van der Waals surface area contributed by atoms with Gasteiger partial charge in [-0.05, 0) is 61.6 Å². The SMILES string of the molecule is CCCN(C/C=C/O)[C@H]1CCc2ccc(O)cc2C1. The quantitative estimate of drug-likeness (QED) is 0.801. The normalized spacial score (nSPS) is 18.9. The molecule has 0 aromatic heterocycles. The van der Waals surface area contributed by atoms with Gasteiger partial charge in [-0.3, -0.25) is 4.90 Å². The summed E-state index contributed by atoms with van der Waals surface area (Å²) in [5.41, 5.74) is 2.63. The van der Waals surface area contributed by atoms with Gasteiger partial charge in [0.1, 0.15) is 5.75 Å². The van der Waals surface area contributed by atoms with E-state index in [1.165, 1.54) is 11.1 Å². The second kappa shape index (κ2) is 6.62. The molecule has 1 aliphatic carbocycles. The van der Waals surface area contributed by atoms with E-state index in [1.54, 1.807) is 12.1 Å². The molecule has 1 atom stereocenters. The molecular formula is C16H23NO2. The number of aliphatic hydroxyl groups excluding tert-OH is 1. The van der Waals surface area contributed by atoms with Crippen molar-refractivity contribution < 1.29 is 10.2 Å². The maximum Gasteiger partial charge on any atom is 0.115 e. The summed E-state index contributed by atoms with van der Waals surface area (Å²) < 4.78 is 0. The molecule has 0 aliphatic heterocycles. The van der Waals surface area contributed by atoms with E-state index in [-0.39, 0.29) is 0 Å². The summed E-state index contributed by atoms with van der Waals surface area (Å²) >= 11 is 0. The van der Waals surface area contributed by atoms with Crippen LogP contribution in [-0.4, -0.2) is 34.2 Å². The van der Waals surface area contributed by atoms with Gasteiger partial charge >= 0.3 is 0 Å². The van der Waals surface area contributed by atoms with Crippen LogP contribution in [0.5, 0.6) is 5.75 Å². The molecule has 2 N–H and O–H groups in total. The zero-order chi connectivity index (χ0) is 13.7. The van der Waals surface area contributed by atoms with Gasteiger partial charge in [-0.15, -0.1) is 0 Å². The number of nitrogens with zero attached hydrogens (tertiary/aromatic N) is 1. The number of hydrogen-bond acceptors (Lipinski definition) is 3. The van der Waals surface area contributed by atoms with Crippen molar-refractivity contribution in [2.75, 3.05) is 13.1 Å².